The molecule has 0 radical (unpaired) electrons. The maximum Gasteiger partial charge on any atom is 0.347 e. The second-order valence-corrected chi connectivity index (χ2v) is 7.71. The van der Waals surface area contributed by atoms with E-state index in [4.69, 9.17) is 32.4 Å². The van der Waals surface area contributed by atoms with Gasteiger partial charge in [0, 0.05) is 17.3 Å². The molecule has 0 saturated carbocycles. The maximum atomic E-state index is 13.3. The van der Waals surface area contributed by atoms with Crippen molar-refractivity contribution in [1.29, 1.82) is 0 Å². The van der Waals surface area contributed by atoms with Gasteiger partial charge in [-0.05, 0) is 36.8 Å². The molecule has 0 bridgehead atoms. The fourth-order valence-electron chi connectivity index (χ4n) is 2.93. The number of aryl methyl sites for hydroxylation is 1. The highest BCUT2D eigenvalue weighted by Gasteiger charge is 2.42. The summed E-state index contributed by atoms with van der Waals surface area (Å²) in [7, 11) is 0. The smallest absolute Gasteiger partial charge is 0.347 e. The summed E-state index contributed by atoms with van der Waals surface area (Å²) in [5, 5.41) is 4.51. The van der Waals surface area contributed by atoms with E-state index in [9.17, 15) is 22.4 Å². The summed E-state index contributed by atoms with van der Waals surface area (Å²) in [6, 6.07) is 7.09. The monoisotopic (exact) mass is 502 g/mol. The summed E-state index contributed by atoms with van der Waals surface area (Å²) in [6.45, 7) is 0.0437. The number of ether oxygens (including phenoxy) is 1. The lowest BCUT2D eigenvalue weighted by Crippen LogP contribution is -2.33. The summed E-state index contributed by atoms with van der Waals surface area (Å²) < 4.78 is 62.8. The van der Waals surface area contributed by atoms with Gasteiger partial charge in [-0.15, -0.1) is 5.10 Å². The number of fused-ring (bicyclic) bond motifs is 1. The molecular weight excluding hydrogens is 491 g/mol. The average Bonchev–Trinajstić information content (AvgIpc) is 3.17. The van der Waals surface area contributed by atoms with Crippen LogP contribution in [0.5, 0.6) is 5.88 Å². The van der Waals surface area contributed by atoms with Crippen LogP contribution >= 0.6 is 23.2 Å². The Morgan fingerprint density at radius 1 is 1.24 bits per heavy atom. The van der Waals surface area contributed by atoms with E-state index in [0.29, 0.717) is 10.6 Å². The van der Waals surface area contributed by atoms with E-state index in [1.165, 1.54) is 24.4 Å². The first-order valence-corrected chi connectivity index (χ1v) is 9.93. The molecule has 0 amide bonds. The van der Waals surface area contributed by atoms with Crippen LogP contribution in [0, 0.1) is 6.92 Å². The van der Waals surface area contributed by atoms with Gasteiger partial charge >= 0.3 is 18.0 Å². The van der Waals surface area contributed by atoms with Crippen LogP contribution in [0.4, 0.5) is 17.6 Å². The molecule has 33 heavy (non-hydrogen) atoms. The highest BCUT2D eigenvalue weighted by atomic mass is 35.5. The molecule has 0 unspecified atom stereocenters. The predicted octanol–water partition coefficient (Wildman–Crippen LogP) is 5.33. The minimum Gasteiger partial charge on any atom is -0.470 e. The Labute approximate surface area is 192 Å². The minimum absolute atomic E-state index is 0.0296. The number of benzene rings is 1. The van der Waals surface area contributed by atoms with Crippen molar-refractivity contribution in [2.45, 2.75) is 19.3 Å². The Balaban J connectivity index is 1.87. The third-order valence-corrected chi connectivity index (χ3v) is 4.98. The number of pyridine rings is 1. The predicted molar refractivity (Wildman–Crippen MR) is 112 cm³/mol. The molecule has 4 aromatic rings. The second-order valence-electron chi connectivity index (χ2n) is 6.86. The van der Waals surface area contributed by atoms with Crippen LogP contribution in [-0.2, 0) is 0 Å². The largest absolute Gasteiger partial charge is 0.470 e. The molecule has 0 spiro atoms. The molecule has 3 aromatic heterocycles. The zero-order chi connectivity index (χ0) is 23.9. The first-order valence-electron chi connectivity index (χ1n) is 9.18. The van der Waals surface area contributed by atoms with E-state index in [1.54, 1.807) is 13.0 Å². The standard InChI is InChI=1S/C20H12Cl2F4N4O3/c1-9-5-10(21)6-11-15(9)28-17(33-18(11)31)13-7-14(32-8-20(25,26)19(23)24)29-30(13)16-12(22)3-2-4-27-16/h2-7,19H,8H2,1H3. The van der Waals surface area contributed by atoms with Crippen LogP contribution < -0.4 is 10.4 Å². The molecular formula is C20H12Cl2F4N4O3. The van der Waals surface area contributed by atoms with Gasteiger partial charge in [-0.3, -0.25) is 0 Å². The highest BCUT2D eigenvalue weighted by molar-refractivity contribution is 6.32. The number of hydrogen-bond acceptors (Lipinski definition) is 6. The third-order valence-electron chi connectivity index (χ3n) is 4.47. The van der Waals surface area contributed by atoms with Gasteiger partial charge in [-0.25, -0.2) is 28.2 Å². The zero-order valence-electron chi connectivity index (χ0n) is 16.5. The van der Waals surface area contributed by atoms with Crippen LogP contribution in [0.2, 0.25) is 10.0 Å². The van der Waals surface area contributed by atoms with Crippen LogP contribution in [0.3, 0.4) is 0 Å². The van der Waals surface area contributed by atoms with E-state index in [-0.39, 0.29) is 33.3 Å². The van der Waals surface area contributed by atoms with Crippen molar-refractivity contribution >= 4 is 34.1 Å². The van der Waals surface area contributed by atoms with Gasteiger partial charge in [-0.1, -0.05) is 23.2 Å². The van der Waals surface area contributed by atoms with Crippen molar-refractivity contribution in [3.8, 4) is 23.3 Å². The molecule has 0 N–H and O–H groups in total. The van der Waals surface area contributed by atoms with Gasteiger partial charge in [-0.2, -0.15) is 8.78 Å². The Kier molecular flexibility index (Phi) is 6.02. The van der Waals surface area contributed by atoms with E-state index < -0.39 is 30.5 Å². The first-order chi connectivity index (χ1) is 15.6. The third kappa shape index (κ3) is 4.51. The van der Waals surface area contributed by atoms with Gasteiger partial charge in [0.25, 0.3) is 0 Å². The molecule has 172 valence electrons. The molecule has 0 aliphatic rings. The number of aromatic nitrogens is 4. The van der Waals surface area contributed by atoms with Crippen LogP contribution in [0.25, 0.3) is 28.3 Å². The van der Waals surface area contributed by atoms with E-state index in [2.05, 4.69) is 15.1 Å². The number of rotatable bonds is 6. The van der Waals surface area contributed by atoms with Crippen LogP contribution in [0.1, 0.15) is 5.56 Å². The fraction of sp³-hybridized carbons (Fsp3) is 0.200. The van der Waals surface area contributed by atoms with Crippen LogP contribution in [0.15, 0.2) is 45.7 Å². The molecule has 0 fully saturated rings. The summed E-state index contributed by atoms with van der Waals surface area (Å²) in [4.78, 5) is 21.0. The number of nitrogens with zero attached hydrogens (tertiary/aromatic N) is 4. The molecule has 4 rings (SSSR count). The fourth-order valence-corrected chi connectivity index (χ4v) is 3.40. The first kappa shape index (κ1) is 23.0. The van der Waals surface area contributed by atoms with Crippen molar-refractivity contribution in [2.75, 3.05) is 6.61 Å². The molecule has 0 atom stereocenters. The van der Waals surface area contributed by atoms with Gasteiger partial charge in [0.1, 0.15) is 5.69 Å². The second kappa shape index (κ2) is 8.64. The van der Waals surface area contributed by atoms with Crippen molar-refractivity contribution in [3.05, 3.63) is 62.6 Å². The molecule has 0 aliphatic carbocycles. The Hall–Kier alpha value is -3.18. The van der Waals surface area contributed by atoms with Crippen LogP contribution in [-0.4, -0.2) is 38.7 Å². The van der Waals surface area contributed by atoms with Crippen molar-refractivity contribution in [3.63, 3.8) is 0 Å². The summed E-state index contributed by atoms with van der Waals surface area (Å²) in [5.41, 5.74) is 0.0327. The van der Waals surface area contributed by atoms with Crippen molar-refractivity contribution in [2.24, 2.45) is 0 Å². The van der Waals surface area contributed by atoms with Gasteiger partial charge < -0.3 is 9.15 Å². The van der Waals surface area contributed by atoms with E-state index in [1.807, 2.05) is 0 Å². The lowest BCUT2D eigenvalue weighted by atomic mass is 10.1. The zero-order valence-corrected chi connectivity index (χ0v) is 18.0. The molecule has 13 heteroatoms. The molecule has 3 heterocycles. The normalized spacial score (nSPS) is 12.0. The summed E-state index contributed by atoms with van der Waals surface area (Å²) in [5.74, 6) is -5.11. The van der Waals surface area contributed by atoms with E-state index >= 15 is 0 Å². The Bertz CT molecular complexity index is 1410. The highest BCUT2D eigenvalue weighted by Crippen LogP contribution is 2.31. The number of halogens is 6. The van der Waals surface area contributed by atoms with E-state index in [0.717, 1.165) is 10.7 Å². The van der Waals surface area contributed by atoms with Crippen molar-refractivity contribution < 1.29 is 26.7 Å². The molecule has 0 aliphatic heterocycles. The SMILES string of the molecule is Cc1cc(Cl)cc2c(=O)oc(-c3cc(OCC(F)(F)C(F)F)nn3-c3ncccc3Cl)nc12. The Morgan fingerprint density at radius 3 is 2.70 bits per heavy atom. The lowest BCUT2D eigenvalue weighted by molar-refractivity contribution is -0.148. The van der Waals surface area contributed by atoms with Gasteiger partial charge in [0.2, 0.25) is 11.8 Å². The minimum atomic E-state index is -4.41. The number of alkyl halides is 4. The lowest BCUT2D eigenvalue weighted by Gasteiger charge is -2.14. The molecule has 1 aromatic carbocycles. The summed E-state index contributed by atoms with van der Waals surface area (Å²) in [6.07, 6.45) is -2.55. The Morgan fingerprint density at radius 2 is 2.00 bits per heavy atom. The summed E-state index contributed by atoms with van der Waals surface area (Å²) >= 11 is 12.2. The molecule has 7 nitrogen and oxygen atoms in total. The topological polar surface area (TPSA) is 83.0 Å². The molecule has 0 saturated heterocycles. The van der Waals surface area contributed by atoms with Gasteiger partial charge in [0.15, 0.2) is 12.4 Å². The average molecular weight is 503 g/mol. The number of hydrogen-bond donors (Lipinski definition) is 0. The quantitative estimate of drug-likeness (QED) is 0.331. The van der Waals surface area contributed by atoms with Crippen molar-refractivity contribution in [1.82, 2.24) is 19.7 Å². The van der Waals surface area contributed by atoms with Gasteiger partial charge in [0.05, 0.1) is 15.9 Å². The maximum absolute atomic E-state index is 13.3.